The van der Waals surface area contributed by atoms with Crippen molar-refractivity contribution >= 4 is 23.4 Å². The van der Waals surface area contributed by atoms with Crippen LogP contribution < -0.4 is 4.74 Å². The Hall–Kier alpha value is -1.98. The standard InChI is InChI=1S/C18H18ClN3OS/c1-12-7-13(2)9-14(8-12)11-24-18-20-17(21-22-18)10-23-16-5-3-15(19)4-6-16/h3-9H,10-11H2,1-2H3,(H,20,21,22). The van der Waals surface area contributed by atoms with Crippen LogP contribution in [0.2, 0.25) is 5.02 Å². The van der Waals surface area contributed by atoms with E-state index in [9.17, 15) is 0 Å². The average Bonchev–Trinajstić information content (AvgIpc) is 2.99. The predicted octanol–water partition coefficient (Wildman–Crippen LogP) is 4.95. The van der Waals surface area contributed by atoms with Gasteiger partial charge in [0.2, 0.25) is 5.16 Å². The first-order chi connectivity index (χ1) is 11.6. The van der Waals surface area contributed by atoms with Crippen LogP contribution >= 0.6 is 23.4 Å². The molecule has 1 heterocycles. The maximum Gasteiger partial charge on any atom is 0.208 e. The van der Waals surface area contributed by atoms with Gasteiger partial charge in [0.15, 0.2) is 5.82 Å². The minimum absolute atomic E-state index is 0.346. The molecular formula is C18H18ClN3OS. The summed E-state index contributed by atoms with van der Waals surface area (Å²) < 4.78 is 5.65. The van der Waals surface area contributed by atoms with Gasteiger partial charge in [-0.1, -0.05) is 52.7 Å². The van der Waals surface area contributed by atoms with Crippen LogP contribution in [0.4, 0.5) is 0 Å². The van der Waals surface area contributed by atoms with Crippen molar-refractivity contribution in [1.82, 2.24) is 15.2 Å². The number of nitrogens with one attached hydrogen (secondary N) is 1. The number of aromatic nitrogens is 3. The maximum atomic E-state index is 5.85. The first-order valence-corrected chi connectivity index (χ1v) is 8.94. The molecule has 0 radical (unpaired) electrons. The Balaban J connectivity index is 1.54. The number of ether oxygens (including phenoxy) is 1. The number of nitrogens with zero attached hydrogens (tertiary/aromatic N) is 2. The average molecular weight is 360 g/mol. The van der Waals surface area contributed by atoms with Crippen molar-refractivity contribution < 1.29 is 4.74 Å². The van der Waals surface area contributed by atoms with Crippen molar-refractivity contribution in [2.45, 2.75) is 31.4 Å². The molecule has 2 aromatic carbocycles. The van der Waals surface area contributed by atoms with Crippen LogP contribution in [0.5, 0.6) is 5.75 Å². The van der Waals surface area contributed by atoms with Crippen LogP contribution in [0.25, 0.3) is 0 Å². The highest BCUT2D eigenvalue weighted by molar-refractivity contribution is 7.98. The van der Waals surface area contributed by atoms with E-state index in [1.54, 1.807) is 23.9 Å². The van der Waals surface area contributed by atoms with E-state index in [2.05, 4.69) is 47.2 Å². The Morgan fingerprint density at radius 2 is 1.79 bits per heavy atom. The molecule has 1 aromatic heterocycles. The van der Waals surface area contributed by atoms with Gasteiger partial charge in [-0.05, 0) is 43.7 Å². The lowest BCUT2D eigenvalue weighted by Gasteiger charge is -2.03. The number of aryl methyl sites for hydroxylation is 2. The fourth-order valence-electron chi connectivity index (χ4n) is 2.39. The molecule has 0 saturated heterocycles. The minimum atomic E-state index is 0.346. The minimum Gasteiger partial charge on any atom is -0.486 e. The van der Waals surface area contributed by atoms with Crippen molar-refractivity contribution in [2.75, 3.05) is 0 Å². The Bertz CT molecular complexity index is 797. The Morgan fingerprint density at radius 1 is 1.08 bits per heavy atom. The molecule has 0 unspecified atom stereocenters. The second-order valence-electron chi connectivity index (χ2n) is 5.59. The fourth-order valence-corrected chi connectivity index (χ4v) is 3.26. The molecule has 124 valence electrons. The molecule has 4 nitrogen and oxygen atoms in total. The molecule has 0 amide bonds. The molecule has 24 heavy (non-hydrogen) atoms. The van der Waals surface area contributed by atoms with Gasteiger partial charge in [0.25, 0.3) is 0 Å². The zero-order valence-electron chi connectivity index (χ0n) is 13.5. The highest BCUT2D eigenvalue weighted by atomic mass is 35.5. The normalized spacial score (nSPS) is 10.8. The van der Waals surface area contributed by atoms with Gasteiger partial charge in [-0.3, -0.25) is 5.10 Å². The number of rotatable bonds is 6. The van der Waals surface area contributed by atoms with E-state index < -0.39 is 0 Å². The Kier molecular flexibility index (Phi) is 5.43. The molecule has 0 saturated carbocycles. The van der Waals surface area contributed by atoms with Crippen LogP contribution in [0.3, 0.4) is 0 Å². The van der Waals surface area contributed by atoms with Crippen molar-refractivity contribution in [1.29, 1.82) is 0 Å². The molecule has 0 aliphatic carbocycles. The molecule has 0 aliphatic rings. The monoisotopic (exact) mass is 359 g/mol. The molecular weight excluding hydrogens is 342 g/mol. The van der Waals surface area contributed by atoms with Crippen molar-refractivity contribution in [3.63, 3.8) is 0 Å². The van der Waals surface area contributed by atoms with Gasteiger partial charge in [0.1, 0.15) is 12.4 Å². The van der Waals surface area contributed by atoms with Gasteiger partial charge in [-0.15, -0.1) is 5.10 Å². The third-order valence-corrected chi connectivity index (χ3v) is 4.52. The summed E-state index contributed by atoms with van der Waals surface area (Å²) in [7, 11) is 0. The van der Waals surface area contributed by atoms with E-state index in [-0.39, 0.29) is 0 Å². The molecule has 0 fully saturated rings. The number of halogens is 1. The summed E-state index contributed by atoms with van der Waals surface area (Å²) in [4.78, 5) is 4.45. The fraction of sp³-hybridized carbons (Fsp3) is 0.222. The molecule has 6 heteroatoms. The number of H-pyrrole nitrogens is 1. The lowest BCUT2D eigenvalue weighted by atomic mass is 10.1. The topological polar surface area (TPSA) is 50.8 Å². The van der Waals surface area contributed by atoms with Gasteiger partial charge in [0, 0.05) is 10.8 Å². The summed E-state index contributed by atoms with van der Waals surface area (Å²) in [6, 6.07) is 13.8. The lowest BCUT2D eigenvalue weighted by Crippen LogP contribution is -1.97. The molecule has 3 aromatic rings. The smallest absolute Gasteiger partial charge is 0.208 e. The van der Waals surface area contributed by atoms with Gasteiger partial charge >= 0.3 is 0 Å². The lowest BCUT2D eigenvalue weighted by molar-refractivity contribution is 0.296. The molecule has 0 atom stereocenters. The Labute approximate surface area is 150 Å². The molecule has 1 N–H and O–H groups in total. The van der Waals surface area contributed by atoms with Crippen LogP contribution in [-0.2, 0) is 12.4 Å². The number of thioether (sulfide) groups is 1. The van der Waals surface area contributed by atoms with Crippen LogP contribution in [-0.4, -0.2) is 15.2 Å². The highest BCUT2D eigenvalue weighted by Crippen LogP contribution is 2.21. The second kappa shape index (κ2) is 7.73. The largest absolute Gasteiger partial charge is 0.486 e. The Morgan fingerprint density at radius 3 is 2.50 bits per heavy atom. The summed E-state index contributed by atoms with van der Waals surface area (Å²) in [5.41, 5.74) is 3.83. The third kappa shape index (κ3) is 4.76. The van der Waals surface area contributed by atoms with Crippen LogP contribution in [0.1, 0.15) is 22.5 Å². The van der Waals surface area contributed by atoms with E-state index in [0.29, 0.717) is 17.5 Å². The van der Waals surface area contributed by atoms with E-state index in [0.717, 1.165) is 16.7 Å². The van der Waals surface area contributed by atoms with Crippen molar-refractivity contribution in [3.8, 4) is 5.75 Å². The van der Waals surface area contributed by atoms with Gasteiger partial charge < -0.3 is 4.74 Å². The van der Waals surface area contributed by atoms with Crippen molar-refractivity contribution in [3.05, 3.63) is 70.0 Å². The van der Waals surface area contributed by atoms with E-state index in [1.165, 1.54) is 16.7 Å². The summed E-state index contributed by atoms with van der Waals surface area (Å²) in [6.07, 6.45) is 0. The number of hydrogen-bond donors (Lipinski definition) is 1. The zero-order chi connectivity index (χ0) is 16.9. The van der Waals surface area contributed by atoms with Crippen LogP contribution in [0.15, 0.2) is 47.6 Å². The second-order valence-corrected chi connectivity index (χ2v) is 6.97. The predicted molar refractivity (Wildman–Crippen MR) is 97.6 cm³/mol. The summed E-state index contributed by atoms with van der Waals surface area (Å²) in [6.45, 7) is 4.57. The number of hydrogen-bond acceptors (Lipinski definition) is 4. The molecule has 0 bridgehead atoms. The first kappa shape index (κ1) is 16.9. The molecule has 0 aliphatic heterocycles. The van der Waals surface area contributed by atoms with E-state index in [1.807, 2.05) is 12.1 Å². The first-order valence-electron chi connectivity index (χ1n) is 7.58. The van der Waals surface area contributed by atoms with Crippen molar-refractivity contribution in [2.24, 2.45) is 0 Å². The van der Waals surface area contributed by atoms with E-state index >= 15 is 0 Å². The third-order valence-electron chi connectivity index (χ3n) is 3.35. The van der Waals surface area contributed by atoms with Gasteiger partial charge in [-0.2, -0.15) is 0 Å². The molecule has 3 rings (SSSR count). The molecule has 0 spiro atoms. The quantitative estimate of drug-likeness (QED) is 0.633. The number of benzene rings is 2. The summed E-state index contributed by atoms with van der Waals surface area (Å²) in [5, 5.41) is 8.55. The summed E-state index contributed by atoms with van der Waals surface area (Å²) in [5.74, 6) is 2.30. The highest BCUT2D eigenvalue weighted by Gasteiger charge is 2.06. The number of aromatic amines is 1. The zero-order valence-corrected chi connectivity index (χ0v) is 15.1. The summed E-state index contributed by atoms with van der Waals surface area (Å²) >= 11 is 7.46. The van der Waals surface area contributed by atoms with Crippen LogP contribution in [0, 0.1) is 13.8 Å². The SMILES string of the molecule is Cc1cc(C)cc(CSc2n[nH]c(COc3ccc(Cl)cc3)n2)c1. The van der Waals surface area contributed by atoms with E-state index in [4.69, 9.17) is 16.3 Å². The van der Waals surface area contributed by atoms with Gasteiger partial charge in [-0.25, -0.2) is 4.98 Å². The van der Waals surface area contributed by atoms with Gasteiger partial charge in [0.05, 0.1) is 0 Å². The maximum absolute atomic E-state index is 5.85.